The summed E-state index contributed by atoms with van der Waals surface area (Å²) in [7, 11) is 4.21. The average Bonchev–Trinajstić information content (AvgIpc) is 2.98. The Kier molecular flexibility index (Phi) is 6.46. The molecule has 0 aliphatic carbocycles. The molecule has 0 saturated heterocycles. The van der Waals surface area contributed by atoms with Crippen LogP contribution >= 0.6 is 17.0 Å². The molecule has 0 radical (unpaired) electrons. The van der Waals surface area contributed by atoms with Gasteiger partial charge in [0.1, 0.15) is 12.9 Å². The van der Waals surface area contributed by atoms with Crippen LogP contribution in [0.4, 0.5) is 11.5 Å². The Morgan fingerprint density at radius 1 is 1.08 bits per heavy atom. The molecule has 2 aromatic heterocycles. The number of imidazole rings is 1. The third-order valence-electron chi connectivity index (χ3n) is 4.09. The molecule has 0 aliphatic rings. The van der Waals surface area contributed by atoms with Gasteiger partial charge in [0, 0.05) is 5.69 Å². The molecular weight excluding hydrogens is 384 g/mol. The standard InChI is InChI=1S/C17H23N6O.BrH/c1-23(2,10-11-24)9-8-22-13-20-15-16(18-12-19-17(15)22)21-14-6-4-3-5-7-14;/h3-7,12-13,24H,8-11H2,1-2H3,(H,18,19,21);1H/q+1;. The Morgan fingerprint density at radius 3 is 2.56 bits per heavy atom. The number of aromatic nitrogens is 4. The highest BCUT2D eigenvalue weighted by Crippen LogP contribution is 2.21. The summed E-state index contributed by atoms with van der Waals surface area (Å²) in [5, 5.41) is 12.4. The fraction of sp³-hybridized carbons (Fsp3) is 0.353. The van der Waals surface area contributed by atoms with Gasteiger partial charge in [-0.05, 0) is 12.1 Å². The van der Waals surface area contributed by atoms with E-state index in [1.54, 1.807) is 12.7 Å². The zero-order valence-corrected chi connectivity index (χ0v) is 16.2. The van der Waals surface area contributed by atoms with Crippen LogP contribution in [0.5, 0.6) is 0 Å². The highest BCUT2D eigenvalue weighted by molar-refractivity contribution is 8.93. The van der Waals surface area contributed by atoms with Crippen LogP contribution in [0.25, 0.3) is 11.2 Å². The molecule has 1 aromatic carbocycles. The molecule has 0 atom stereocenters. The van der Waals surface area contributed by atoms with Crippen molar-refractivity contribution in [2.75, 3.05) is 39.1 Å². The van der Waals surface area contributed by atoms with Gasteiger partial charge in [-0.2, -0.15) is 0 Å². The van der Waals surface area contributed by atoms with Crippen LogP contribution in [0, 0.1) is 0 Å². The molecular formula is C17H24BrN6O+. The molecule has 0 fully saturated rings. The number of rotatable bonds is 7. The molecule has 0 bridgehead atoms. The van der Waals surface area contributed by atoms with Crippen LogP contribution in [0.1, 0.15) is 0 Å². The van der Waals surface area contributed by atoms with Crippen LogP contribution in [0.15, 0.2) is 43.0 Å². The first-order valence-corrected chi connectivity index (χ1v) is 8.00. The van der Waals surface area contributed by atoms with Gasteiger partial charge in [-0.25, -0.2) is 15.0 Å². The van der Waals surface area contributed by atoms with Gasteiger partial charge in [0.25, 0.3) is 0 Å². The zero-order chi connectivity index (χ0) is 17.0. The van der Waals surface area contributed by atoms with E-state index in [1.807, 2.05) is 34.9 Å². The third kappa shape index (κ3) is 4.75. The summed E-state index contributed by atoms with van der Waals surface area (Å²) in [4.78, 5) is 13.2. The van der Waals surface area contributed by atoms with Crippen molar-refractivity contribution in [1.82, 2.24) is 19.5 Å². The molecule has 0 saturated carbocycles. The number of hydrogen-bond donors (Lipinski definition) is 2. The van der Waals surface area contributed by atoms with Crippen LogP contribution in [0.3, 0.4) is 0 Å². The minimum atomic E-state index is 0. The SMILES string of the molecule is Br.C[N+](C)(CCO)CCn1cnc2c(Nc3ccccc3)ncnc21. The fourth-order valence-corrected chi connectivity index (χ4v) is 2.55. The van der Waals surface area contributed by atoms with Crippen LogP contribution in [-0.2, 0) is 6.54 Å². The summed E-state index contributed by atoms with van der Waals surface area (Å²) in [5.74, 6) is 0.703. The Morgan fingerprint density at radius 2 is 1.84 bits per heavy atom. The van der Waals surface area contributed by atoms with Crippen molar-refractivity contribution in [2.24, 2.45) is 0 Å². The van der Waals surface area contributed by atoms with Gasteiger partial charge < -0.3 is 19.5 Å². The van der Waals surface area contributed by atoms with Crippen LogP contribution in [0.2, 0.25) is 0 Å². The number of aliphatic hydroxyl groups is 1. The van der Waals surface area contributed by atoms with E-state index in [2.05, 4.69) is 34.4 Å². The molecule has 2 heterocycles. The maximum atomic E-state index is 9.14. The average molecular weight is 408 g/mol. The maximum Gasteiger partial charge on any atom is 0.165 e. The number of hydrogen-bond acceptors (Lipinski definition) is 5. The van der Waals surface area contributed by atoms with Gasteiger partial charge >= 0.3 is 0 Å². The smallest absolute Gasteiger partial charge is 0.165 e. The number of benzene rings is 1. The highest BCUT2D eigenvalue weighted by atomic mass is 79.9. The quantitative estimate of drug-likeness (QED) is 0.587. The molecule has 0 amide bonds. The Labute approximate surface area is 157 Å². The summed E-state index contributed by atoms with van der Waals surface area (Å²) in [6.45, 7) is 2.58. The molecule has 3 aromatic rings. The molecule has 3 rings (SSSR count). The topological polar surface area (TPSA) is 75.9 Å². The van der Waals surface area contributed by atoms with Crippen molar-refractivity contribution in [3.8, 4) is 0 Å². The highest BCUT2D eigenvalue weighted by Gasteiger charge is 2.16. The summed E-state index contributed by atoms with van der Waals surface area (Å²) < 4.78 is 2.78. The lowest BCUT2D eigenvalue weighted by molar-refractivity contribution is -0.891. The molecule has 0 unspecified atom stereocenters. The first-order valence-electron chi connectivity index (χ1n) is 8.00. The molecule has 134 valence electrons. The van der Waals surface area contributed by atoms with Crippen molar-refractivity contribution in [1.29, 1.82) is 0 Å². The maximum absolute atomic E-state index is 9.14. The van der Waals surface area contributed by atoms with E-state index in [0.29, 0.717) is 5.82 Å². The number of aliphatic hydroxyl groups excluding tert-OH is 1. The third-order valence-corrected chi connectivity index (χ3v) is 4.09. The van der Waals surface area contributed by atoms with Crippen molar-refractivity contribution < 1.29 is 9.59 Å². The molecule has 8 heteroatoms. The van der Waals surface area contributed by atoms with Gasteiger partial charge in [-0.3, -0.25) is 0 Å². The zero-order valence-electron chi connectivity index (χ0n) is 14.5. The first kappa shape index (κ1) is 19.3. The molecule has 0 aliphatic heterocycles. The second kappa shape index (κ2) is 8.37. The van der Waals surface area contributed by atoms with Crippen molar-refractivity contribution in [3.63, 3.8) is 0 Å². The minimum absolute atomic E-state index is 0. The van der Waals surface area contributed by atoms with Crippen LogP contribution < -0.4 is 5.32 Å². The lowest BCUT2D eigenvalue weighted by Crippen LogP contribution is -2.44. The van der Waals surface area contributed by atoms with E-state index in [1.165, 1.54) is 0 Å². The van der Waals surface area contributed by atoms with Crippen molar-refractivity contribution >= 4 is 39.7 Å². The Balaban J connectivity index is 0.00000225. The van der Waals surface area contributed by atoms with E-state index in [-0.39, 0.29) is 23.6 Å². The predicted molar refractivity (Wildman–Crippen MR) is 104 cm³/mol. The number of para-hydroxylation sites is 1. The molecule has 25 heavy (non-hydrogen) atoms. The largest absolute Gasteiger partial charge is 0.391 e. The number of quaternary nitrogens is 1. The molecule has 2 N–H and O–H groups in total. The number of fused-ring (bicyclic) bond motifs is 1. The number of nitrogens with one attached hydrogen (secondary N) is 1. The number of likely N-dealkylation sites (N-methyl/N-ethyl adjacent to an activating group) is 1. The Bertz CT molecular complexity index is 805. The van der Waals surface area contributed by atoms with E-state index in [4.69, 9.17) is 5.11 Å². The molecule has 7 nitrogen and oxygen atoms in total. The Hall–Kier alpha value is -2.03. The minimum Gasteiger partial charge on any atom is -0.391 e. The number of anilines is 2. The summed E-state index contributed by atoms with van der Waals surface area (Å²) in [6, 6.07) is 9.89. The van der Waals surface area contributed by atoms with Gasteiger partial charge in [0.15, 0.2) is 17.0 Å². The van der Waals surface area contributed by atoms with Gasteiger partial charge in [0.05, 0.1) is 40.1 Å². The summed E-state index contributed by atoms with van der Waals surface area (Å²) in [5.41, 5.74) is 2.54. The first-order chi connectivity index (χ1) is 11.6. The summed E-state index contributed by atoms with van der Waals surface area (Å²) in [6.07, 6.45) is 3.36. The fourth-order valence-electron chi connectivity index (χ4n) is 2.55. The lowest BCUT2D eigenvalue weighted by Gasteiger charge is -2.28. The normalized spacial score (nSPS) is 11.3. The van der Waals surface area contributed by atoms with Gasteiger partial charge in [-0.1, -0.05) is 18.2 Å². The number of nitrogens with zero attached hydrogens (tertiary/aromatic N) is 5. The van der Waals surface area contributed by atoms with Crippen LogP contribution in [-0.4, -0.2) is 62.9 Å². The van der Waals surface area contributed by atoms with E-state index in [9.17, 15) is 0 Å². The van der Waals surface area contributed by atoms with E-state index >= 15 is 0 Å². The van der Waals surface area contributed by atoms with E-state index < -0.39 is 0 Å². The number of halogens is 1. The molecule has 0 spiro atoms. The van der Waals surface area contributed by atoms with Gasteiger partial charge in [0.2, 0.25) is 0 Å². The lowest BCUT2D eigenvalue weighted by atomic mass is 10.3. The van der Waals surface area contributed by atoms with Crippen molar-refractivity contribution in [2.45, 2.75) is 6.54 Å². The predicted octanol–water partition coefficient (Wildman–Crippen LogP) is 2.22. The second-order valence-electron chi connectivity index (χ2n) is 6.43. The second-order valence-corrected chi connectivity index (χ2v) is 6.43. The van der Waals surface area contributed by atoms with Gasteiger partial charge in [-0.15, -0.1) is 17.0 Å². The monoisotopic (exact) mass is 407 g/mol. The van der Waals surface area contributed by atoms with E-state index in [0.717, 1.165) is 41.0 Å². The summed E-state index contributed by atoms with van der Waals surface area (Å²) >= 11 is 0. The van der Waals surface area contributed by atoms with Crippen molar-refractivity contribution in [3.05, 3.63) is 43.0 Å².